The molecule has 19 heavy (non-hydrogen) atoms. The van der Waals surface area contributed by atoms with Gasteiger partial charge in [-0.3, -0.25) is 0 Å². The van der Waals surface area contributed by atoms with Crippen molar-refractivity contribution >= 4 is 31.0 Å². The Balaban J connectivity index is 2.96. The standard InChI is InChI=1S/C10H8O7S2/c11-10-7-2-1-3-8(18(12,13)14)6(7)4-5-9(10)19(15,16)17/h1-5,11H,(H,12,13,14)(H,15,16,17)/p-2. The summed E-state index contributed by atoms with van der Waals surface area (Å²) in [7, 11) is -9.68. The van der Waals surface area contributed by atoms with Gasteiger partial charge in [0.1, 0.15) is 26.0 Å². The second-order valence-electron chi connectivity index (χ2n) is 3.67. The van der Waals surface area contributed by atoms with E-state index >= 15 is 0 Å². The van der Waals surface area contributed by atoms with Crippen molar-refractivity contribution in [3.8, 4) is 5.75 Å². The third-order valence-electron chi connectivity index (χ3n) is 2.49. The molecule has 2 aromatic carbocycles. The van der Waals surface area contributed by atoms with Crippen LogP contribution in [0.4, 0.5) is 0 Å². The Bertz CT molecular complexity index is 866. The van der Waals surface area contributed by atoms with Crippen LogP contribution in [0, 0.1) is 0 Å². The lowest BCUT2D eigenvalue weighted by atomic mass is 10.1. The van der Waals surface area contributed by atoms with Crippen molar-refractivity contribution in [2.24, 2.45) is 0 Å². The lowest BCUT2D eigenvalue weighted by molar-refractivity contribution is 0.439. The summed E-state index contributed by atoms with van der Waals surface area (Å²) in [6, 6.07) is 5.14. The first-order valence-corrected chi connectivity index (χ1v) is 7.60. The third-order valence-corrected chi connectivity index (χ3v) is 4.26. The summed E-state index contributed by atoms with van der Waals surface area (Å²) in [5, 5.41) is 9.35. The van der Waals surface area contributed by atoms with Crippen molar-refractivity contribution < 1.29 is 31.0 Å². The summed E-state index contributed by atoms with van der Waals surface area (Å²) in [5.41, 5.74) is 0. The first-order chi connectivity index (χ1) is 8.62. The van der Waals surface area contributed by atoms with Gasteiger partial charge in [-0.05, 0) is 12.1 Å². The maximum atomic E-state index is 11.0. The van der Waals surface area contributed by atoms with E-state index < -0.39 is 35.8 Å². The normalized spacial score (nSPS) is 12.7. The Labute approximate surface area is 108 Å². The number of phenolic OH excluding ortho intramolecular Hbond substituents is 1. The first-order valence-electron chi connectivity index (χ1n) is 4.79. The summed E-state index contributed by atoms with van der Waals surface area (Å²) in [6.07, 6.45) is 0. The molecule has 9 heteroatoms. The summed E-state index contributed by atoms with van der Waals surface area (Å²) < 4.78 is 65.7. The van der Waals surface area contributed by atoms with Crippen molar-refractivity contribution in [1.29, 1.82) is 0 Å². The summed E-state index contributed by atoms with van der Waals surface area (Å²) in [5.74, 6) is -0.877. The van der Waals surface area contributed by atoms with E-state index in [1.54, 1.807) is 0 Å². The van der Waals surface area contributed by atoms with Gasteiger partial charge in [0, 0.05) is 10.8 Å². The van der Waals surface area contributed by atoms with E-state index in [0.717, 1.165) is 24.3 Å². The molecule has 0 aromatic heterocycles. The molecule has 0 amide bonds. The van der Waals surface area contributed by atoms with Gasteiger partial charge in [0.2, 0.25) is 0 Å². The molecule has 0 unspecified atom stereocenters. The van der Waals surface area contributed by atoms with Crippen molar-refractivity contribution in [3.05, 3.63) is 30.3 Å². The van der Waals surface area contributed by atoms with Crippen molar-refractivity contribution in [2.45, 2.75) is 9.79 Å². The SMILES string of the molecule is O=S(=O)([O-])c1ccc2c(S(=O)(=O)[O-])cccc2c1O. The van der Waals surface area contributed by atoms with Gasteiger partial charge in [0.05, 0.1) is 9.79 Å². The highest BCUT2D eigenvalue weighted by atomic mass is 32.2. The Hall–Kier alpha value is -1.68. The van der Waals surface area contributed by atoms with Crippen LogP contribution in [-0.4, -0.2) is 31.0 Å². The number of hydrogen-bond acceptors (Lipinski definition) is 7. The van der Waals surface area contributed by atoms with Crippen LogP contribution in [0.15, 0.2) is 40.1 Å². The molecule has 0 heterocycles. The number of fused-ring (bicyclic) bond motifs is 1. The molecular formula is C10H6O7S2-2. The fourth-order valence-corrected chi connectivity index (χ4v) is 2.99. The number of phenols is 1. The van der Waals surface area contributed by atoms with Gasteiger partial charge < -0.3 is 14.2 Å². The number of aromatic hydroxyl groups is 1. The number of rotatable bonds is 2. The van der Waals surface area contributed by atoms with Gasteiger partial charge in [-0.2, -0.15) is 0 Å². The fraction of sp³-hybridized carbons (Fsp3) is 0. The van der Waals surface area contributed by atoms with Crippen molar-refractivity contribution in [3.63, 3.8) is 0 Å². The van der Waals surface area contributed by atoms with E-state index in [4.69, 9.17) is 0 Å². The second kappa shape index (κ2) is 4.17. The lowest BCUT2D eigenvalue weighted by Gasteiger charge is -2.14. The van der Waals surface area contributed by atoms with Crippen LogP contribution in [0.1, 0.15) is 0 Å². The van der Waals surface area contributed by atoms with Gasteiger partial charge in [-0.1, -0.05) is 18.2 Å². The minimum Gasteiger partial charge on any atom is -0.744 e. The average Bonchev–Trinajstić information content (AvgIpc) is 2.26. The van der Waals surface area contributed by atoms with Crippen LogP contribution in [-0.2, 0) is 20.2 Å². The van der Waals surface area contributed by atoms with Crippen LogP contribution in [0.2, 0.25) is 0 Å². The maximum absolute atomic E-state index is 11.0. The van der Waals surface area contributed by atoms with Crippen LogP contribution in [0.25, 0.3) is 10.8 Å². The van der Waals surface area contributed by atoms with Crippen LogP contribution >= 0.6 is 0 Å². The molecule has 0 aliphatic rings. The highest BCUT2D eigenvalue weighted by Gasteiger charge is 2.15. The molecule has 2 rings (SSSR count). The minimum absolute atomic E-state index is 0.151. The summed E-state index contributed by atoms with van der Waals surface area (Å²) >= 11 is 0. The molecule has 0 bridgehead atoms. The number of hydrogen-bond donors (Lipinski definition) is 1. The Morgan fingerprint density at radius 1 is 0.789 bits per heavy atom. The third kappa shape index (κ3) is 2.40. The van der Waals surface area contributed by atoms with E-state index in [0.29, 0.717) is 0 Å². The predicted molar refractivity (Wildman–Crippen MR) is 61.5 cm³/mol. The predicted octanol–water partition coefficient (Wildman–Crippen LogP) is 0.354. The van der Waals surface area contributed by atoms with Crippen LogP contribution < -0.4 is 0 Å². The fourth-order valence-electron chi connectivity index (χ4n) is 1.71. The Kier molecular flexibility index (Phi) is 3.01. The minimum atomic E-state index is -4.90. The van der Waals surface area contributed by atoms with E-state index in [-0.39, 0.29) is 10.8 Å². The zero-order chi connectivity index (χ0) is 14.4. The zero-order valence-corrected chi connectivity index (χ0v) is 10.7. The Morgan fingerprint density at radius 3 is 1.89 bits per heavy atom. The average molecular weight is 302 g/mol. The molecule has 0 saturated heterocycles. The van der Waals surface area contributed by atoms with E-state index in [9.17, 15) is 31.0 Å². The molecule has 7 nitrogen and oxygen atoms in total. The topological polar surface area (TPSA) is 135 Å². The Morgan fingerprint density at radius 2 is 1.37 bits per heavy atom. The number of benzene rings is 2. The zero-order valence-electron chi connectivity index (χ0n) is 9.10. The van der Waals surface area contributed by atoms with Gasteiger partial charge in [0.15, 0.2) is 0 Å². The molecule has 0 fully saturated rings. The smallest absolute Gasteiger partial charge is 0.140 e. The van der Waals surface area contributed by atoms with Gasteiger partial charge in [-0.25, -0.2) is 16.8 Å². The van der Waals surface area contributed by atoms with E-state index in [1.165, 1.54) is 6.07 Å². The molecular weight excluding hydrogens is 296 g/mol. The quantitative estimate of drug-likeness (QED) is 0.791. The first kappa shape index (κ1) is 13.7. The highest BCUT2D eigenvalue weighted by Crippen LogP contribution is 2.34. The molecule has 0 aliphatic carbocycles. The maximum Gasteiger partial charge on any atom is 0.140 e. The summed E-state index contributed by atoms with van der Waals surface area (Å²) in [4.78, 5) is -1.48. The van der Waals surface area contributed by atoms with Gasteiger partial charge in [-0.15, -0.1) is 0 Å². The van der Waals surface area contributed by atoms with Crippen LogP contribution in [0.5, 0.6) is 5.75 Å². The molecule has 0 saturated carbocycles. The molecule has 0 aliphatic heterocycles. The molecule has 0 radical (unpaired) electrons. The van der Waals surface area contributed by atoms with Gasteiger partial charge >= 0.3 is 0 Å². The monoisotopic (exact) mass is 302 g/mol. The molecule has 2 aromatic rings. The van der Waals surface area contributed by atoms with Crippen molar-refractivity contribution in [1.82, 2.24) is 0 Å². The lowest BCUT2D eigenvalue weighted by Crippen LogP contribution is -2.02. The second-order valence-corrected chi connectivity index (χ2v) is 6.37. The molecule has 1 N–H and O–H groups in total. The van der Waals surface area contributed by atoms with E-state index in [2.05, 4.69) is 0 Å². The highest BCUT2D eigenvalue weighted by molar-refractivity contribution is 7.86. The van der Waals surface area contributed by atoms with E-state index in [1.807, 2.05) is 0 Å². The van der Waals surface area contributed by atoms with Gasteiger partial charge in [0.25, 0.3) is 0 Å². The van der Waals surface area contributed by atoms with Crippen molar-refractivity contribution in [2.75, 3.05) is 0 Å². The van der Waals surface area contributed by atoms with Crippen LogP contribution in [0.3, 0.4) is 0 Å². The molecule has 102 valence electrons. The molecule has 0 spiro atoms. The molecule has 0 atom stereocenters. The largest absolute Gasteiger partial charge is 0.744 e. The summed E-state index contributed by atoms with van der Waals surface area (Å²) in [6.45, 7) is 0.